The number of ether oxygens (including phenoxy) is 1. The van der Waals surface area contributed by atoms with Crippen LogP contribution in [0.1, 0.15) is 21.5 Å². The lowest BCUT2D eigenvalue weighted by Crippen LogP contribution is -2.14. The largest absolute Gasteiger partial charge is 0.394 e. The lowest BCUT2D eigenvalue weighted by atomic mass is 9.96. The minimum atomic E-state index is -0.222. The molecule has 136 valence electrons. The minimum Gasteiger partial charge on any atom is -0.394 e. The number of aliphatic hydroxyl groups excluding tert-OH is 1. The summed E-state index contributed by atoms with van der Waals surface area (Å²) in [5.74, 6) is -0.222. The highest BCUT2D eigenvalue weighted by atomic mass is 79.9. The van der Waals surface area contributed by atoms with Crippen molar-refractivity contribution in [2.45, 2.75) is 6.42 Å². The number of halogens is 3. The smallest absolute Gasteiger partial charge is 0.188 e. The average Bonchev–Trinajstić information content (AvgIpc) is 3.08. The van der Waals surface area contributed by atoms with Crippen molar-refractivity contribution >= 4 is 55.9 Å². The quantitative estimate of drug-likeness (QED) is 0.407. The van der Waals surface area contributed by atoms with Gasteiger partial charge in [-0.25, -0.2) is 4.98 Å². The maximum atomic E-state index is 12.6. The lowest BCUT2D eigenvalue weighted by molar-refractivity contribution is 0.0663. The van der Waals surface area contributed by atoms with Crippen molar-refractivity contribution in [1.82, 2.24) is 9.97 Å². The van der Waals surface area contributed by atoms with Crippen molar-refractivity contribution in [3.8, 4) is 0 Å². The number of aromatic amines is 1. The zero-order chi connectivity index (χ0) is 18.7. The molecular weight excluding hydrogens is 443 g/mol. The fourth-order valence-electron chi connectivity index (χ4n) is 2.67. The maximum Gasteiger partial charge on any atom is 0.188 e. The molecule has 1 heterocycles. The molecule has 1 aromatic heterocycles. The Morgan fingerprint density at radius 1 is 1.31 bits per heavy atom. The second-order valence-corrected chi connectivity index (χ2v) is 7.33. The molecule has 2 N–H and O–H groups in total. The fraction of sp³-hybridized carbons (Fsp3) is 0.222. The van der Waals surface area contributed by atoms with Gasteiger partial charge in [-0.1, -0.05) is 45.2 Å². The van der Waals surface area contributed by atoms with E-state index in [0.717, 1.165) is 10.0 Å². The van der Waals surface area contributed by atoms with E-state index in [0.29, 0.717) is 38.6 Å². The molecule has 0 spiro atoms. The Balaban J connectivity index is 2.04. The highest BCUT2D eigenvalue weighted by molar-refractivity contribution is 9.10. The third-order valence-corrected chi connectivity index (χ3v) is 5.16. The average molecular weight is 458 g/mol. The molecule has 0 bridgehead atoms. The van der Waals surface area contributed by atoms with E-state index in [1.807, 2.05) is 12.1 Å². The highest BCUT2D eigenvalue weighted by Crippen LogP contribution is 2.33. The second kappa shape index (κ2) is 8.50. The number of nitrogens with one attached hydrogen (secondary N) is 1. The van der Waals surface area contributed by atoms with Crippen molar-refractivity contribution < 1.29 is 14.6 Å². The van der Waals surface area contributed by atoms with E-state index in [4.69, 9.17) is 33.0 Å². The van der Waals surface area contributed by atoms with Gasteiger partial charge in [-0.3, -0.25) is 4.79 Å². The Bertz CT molecular complexity index is 959. The number of imidazole rings is 1. The summed E-state index contributed by atoms with van der Waals surface area (Å²) >= 11 is 16.3. The van der Waals surface area contributed by atoms with Gasteiger partial charge in [0.1, 0.15) is 12.1 Å². The van der Waals surface area contributed by atoms with E-state index in [1.54, 1.807) is 12.1 Å². The van der Waals surface area contributed by atoms with Crippen LogP contribution in [-0.2, 0) is 11.2 Å². The molecule has 0 saturated heterocycles. The summed E-state index contributed by atoms with van der Waals surface area (Å²) in [4.78, 5) is 19.8. The van der Waals surface area contributed by atoms with Gasteiger partial charge in [-0.15, -0.1) is 0 Å². The molecule has 0 aliphatic carbocycles. The summed E-state index contributed by atoms with van der Waals surface area (Å²) in [7, 11) is 0. The van der Waals surface area contributed by atoms with Crippen LogP contribution in [0, 0.1) is 0 Å². The number of carbonyl (C=O) groups excluding carboxylic acids is 1. The normalized spacial score (nSPS) is 11.2. The zero-order valence-electron chi connectivity index (χ0n) is 13.6. The zero-order valence-corrected chi connectivity index (χ0v) is 16.7. The highest BCUT2D eigenvalue weighted by Gasteiger charge is 2.20. The van der Waals surface area contributed by atoms with Crippen LogP contribution in [0.15, 0.2) is 35.1 Å². The van der Waals surface area contributed by atoms with Gasteiger partial charge >= 0.3 is 0 Å². The molecule has 5 nitrogen and oxygen atoms in total. The Morgan fingerprint density at radius 2 is 2.12 bits per heavy atom. The van der Waals surface area contributed by atoms with Crippen LogP contribution in [0.5, 0.6) is 0 Å². The third-order valence-electron chi connectivity index (χ3n) is 3.91. The molecule has 26 heavy (non-hydrogen) atoms. The predicted octanol–water partition coefficient (Wildman–Crippen LogP) is 4.41. The summed E-state index contributed by atoms with van der Waals surface area (Å²) in [5.41, 5.74) is 3.21. The summed E-state index contributed by atoms with van der Waals surface area (Å²) in [6.45, 7) is -0.188. The Hall–Kier alpha value is -1.44. The van der Waals surface area contributed by atoms with E-state index in [1.165, 1.54) is 6.33 Å². The molecule has 3 aromatic rings. The summed E-state index contributed by atoms with van der Waals surface area (Å²) in [6.07, 6.45) is 1.91. The number of hydrogen-bond acceptors (Lipinski definition) is 4. The van der Waals surface area contributed by atoms with E-state index in [2.05, 4.69) is 25.9 Å². The van der Waals surface area contributed by atoms with Crippen LogP contribution in [0.4, 0.5) is 0 Å². The molecule has 2 aromatic carbocycles. The number of hydrogen-bond donors (Lipinski definition) is 2. The molecule has 0 unspecified atom stereocenters. The van der Waals surface area contributed by atoms with Crippen LogP contribution in [0.3, 0.4) is 0 Å². The maximum absolute atomic E-state index is 12.6. The number of nitrogens with zero attached hydrogens (tertiary/aromatic N) is 1. The topological polar surface area (TPSA) is 75.2 Å². The van der Waals surface area contributed by atoms with Gasteiger partial charge in [-0.2, -0.15) is 0 Å². The molecule has 0 fully saturated rings. The number of rotatable bonds is 7. The molecular formula is C18H15BrCl2N2O3. The molecule has 0 radical (unpaired) electrons. The summed E-state index contributed by atoms with van der Waals surface area (Å²) < 4.78 is 6.05. The first kappa shape index (κ1) is 19.3. The number of carbonyl (C=O) groups is 1. The number of H-pyrrole nitrogens is 1. The molecule has 3 rings (SSSR count). The number of fused-ring (bicyclic) bond motifs is 1. The first-order valence-corrected chi connectivity index (χ1v) is 9.36. The standard InChI is InChI=1S/C18H15BrCl2N2O3/c19-11-2-1-10(14(20)6-11)5-13-12(16(25)8-26-4-3-24)7-15-18(17(13)21)23-9-22-15/h1-2,6-7,9,24H,3-5,8H2,(H,22,23). The molecule has 0 aliphatic heterocycles. The van der Waals surface area contributed by atoms with Crippen molar-refractivity contribution in [2.24, 2.45) is 0 Å². The Morgan fingerprint density at radius 3 is 2.85 bits per heavy atom. The summed E-state index contributed by atoms with van der Waals surface area (Å²) in [6, 6.07) is 7.28. The van der Waals surface area contributed by atoms with Gasteiger partial charge in [-0.05, 0) is 29.3 Å². The van der Waals surface area contributed by atoms with Crippen LogP contribution >= 0.6 is 39.1 Å². The molecule has 0 amide bonds. The second-order valence-electron chi connectivity index (χ2n) is 5.63. The first-order valence-electron chi connectivity index (χ1n) is 7.81. The van der Waals surface area contributed by atoms with Gasteiger partial charge < -0.3 is 14.8 Å². The van der Waals surface area contributed by atoms with Crippen molar-refractivity contribution in [3.63, 3.8) is 0 Å². The number of benzene rings is 2. The first-order chi connectivity index (χ1) is 12.5. The third kappa shape index (κ3) is 4.10. The van der Waals surface area contributed by atoms with Gasteiger partial charge in [0.15, 0.2) is 5.78 Å². The molecule has 0 aliphatic rings. The monoisotopic (exact) mass is 456 g/mol. The van der Waals surface area contributed by atoms with Gasteiger partial charge in [0.2, 0.25) is 0 Å². The Kier molecular flexibility index (Phi) is 6.32. The van der Waals surface area contributed by atoms with Crippen LogP contribution < -0.4 is 0 Å². The number of ketones is 1. The summed E-state index contributed by atoms with van der Waals surface area (Å²) in [5, 5.41) is 9.81. The Labute approximate surface area is 168 Å². The predicted molar refractivity (Wildman–Crippen MR) is 105 cm³/mol. The van der Waals surface area contributed by atoms with E-state index in [9.17, 15) is 4.79 Å². The van der Waals surface area contributed by atoms with Crippen LogP contribution in [-0.4, -0.2) is 40.7 Å². The molecule has 8 heteroatoms. The molecule has 0 saturated carbocycles. The van der Waals surface area contributed by atoms with Crippen molar-refractivity contribution in [3.05, 3.63) is 61.8 Å². The fourth-order valence-corrected chi connectivity index (χ4v) is 3.73. The van der Waals surface area contributed by atoms with Crippen molar-refractivity contribution in [1.29, 1.82) is 0 Å². The van der Waals surface area contributed by atoms with Crippen LogP contribution in [0.2, 0.25) is 10.0 Å². The van der Waals surface area contributed by atoms with E-state index in [-0.39, 0.29) is 25.6 Å². The van der Waals surface area contributed by atoms with E-state index >= 15 is 0 Å². The lowest BCUT2D eigenvalue weighted by Gasteiger charge is -2.13. The van der Waals surface area contributed by atoms with Crippen molar-refractivity contribution in [2.75, 3.05) is 19.8 Å². The number of Topliss-reactive ketones (excluding diaryl/α,β-unsaturated/α-hetero) is 1. The van der Waals surface area contributed by atoms with Gasteiger partial charge in [0, 0.05) is 21.5 Å². The molecule has 0 atom stereocenters. The number of aliphatic hydroxyl groups is 1. The SMILES string of the molecule is O=C(COCCO)c1cc2[nH]cnc2c(Cl)c1Cc1ccc(Br)cc1Cl. The number of aromatic nitrogens is 2. The minimum absolute atomic E-state index is 0.0969. The van der Waals surface area contributed by atoms with E-state index < -0.39 is 0 Å². The van der Waals surface area contributed by atoms with Gasteiger partial charge in [0.05, 0.1) is 30.1 Å². The van der Waals surface area contributed by atoms with Crippen LogP contribution in [0.25, 0.3) is 11.0 Å². The van der Waals surface area contributed by atoms with Gasteiger partial charge in [0.25, 0.3) is 0 Å².